The second-order valence-corrected chi connectivity index (χ2v) is 7.66. The van der Waals surface area contributed by atoms with Crippen LogP contribution in [-0.2, 0) is 4.79 Å². The van der Waals surface area contributed by atoms with Crippen LogP contribution in [0.1, 0.15) is 52.6 Å². The molecule has 1 amide bonds. The Morgan fingerprint density at radius 2 is 1.26 bits per heavy atom. The maximum atomic E-state index is 11.3. The van der Waals surface area contributed by atoms with Crippen molar-refractivity contribution in [2.24, 2.45) is 0 Å². The first-order valence-electron chi connectivity index (χ1n) is 8.10. The van der Waals surface area contributed by atoms with E-state index in [-0.39, 0.29) is 17.5 Å². The molecule has 0 saturated heterocycles. The fourth-order valence-electron chi connectivity index (χ4n) is 2.28. The normalized spacial score (nSPS) is 9.89. The number of Topliss-reactive ketones (excluding diaryl/α,β-unsaturated/α-hetero) is 2. The summed E-state index contributed by atoms with van der Waals surface area (Å²) in [6, 6.07) is 7.18. The average Bonchev–Trinajstić information content (AvgIpc) is 2.56. The number of ketones is 2. The van der Waals surface area contributed by atoms with Gasteiger partial charge < -0.3 is 11.1 Å². The summed E-state index contributed by atoms with van der Waals surface area (Å²) in [4.78, 5) is 33.4. The van der Waals surface area contributed by atoms with Gasteiger partial charge in [0.2, 0.25) is 5.91 Å². The van der Waals surface area contributed by atoms with Crippen molar-refractivity contribution in [3.8, 4) is 0 Å². The number of benzene rings is 2. The zero-order valence-electron chi connectivity index (χ0n) is 15.9. The maximum absolute atomic E-state index is 11.3. The van der Waals surface area contributed by atoms with Gasteiger partial charge in [-0.05, 0) is 82.8 Å². The number of anilines is 2. The van der Waals surface area contributed by atoms with E-state index >= 15 is 0 Å². The minimum Gasteiger partial charge on any atom is -0.397 e. The molecule has 2 aromatic rings. The van der Waals surface area contributed by atoms with Crippen molar-refractivity contribution in [2.45, 2.75) is 34.6 Å². The molecule has 0 aromatic heterocycles. The summed E-state index contributed by atoms with van der Waals surface area (Å²) in [5, 5.41) is 2.66. The minimum atomic E-state index is -0.191. The summed E-state index contributed by atoms with van der Waals surface area (Å²) in [6.45, 7) is 8.23. The third kappa shape index (κ3) is 6.01. The summed E-state index contributed by atoms with van der Waals surface area (Å²) < 4.78 is 1.57. The predicted octanol–water partition coefficient (Wildman–Crippen LogP) is 5.46. The first kappa shape index (κ1) is 23.0. The molecule has 3 N–H and O–H groups in total. The highest BCUT2D eigenvalue weighted by Crippen LogP contribution is 2.30. The predicted molar refractivity (Wildman–Crippen MR) is 116 cm³/mol. The van der Waals surface area contributed by atoms with Gasteiger partial charge in [0.25, 0.3) is 0 Å². The number of halogens is 2. The number of carbonyl (C=O) groups is 3. The topological polar surface area (TPSA) is 89.3 Å². The molecule has 0 bridgehead atoms. The highest BCUT2D eigenvalue weighted by Gasteiger charge is 2.13. The molecule has 5 nitrogen and oxygen atoms in total. The van der Waals surface area contributed by atoms with Gasteiger partial charge in [-0.25, -0.2) is 0 Å². The second kappa shape index (κ2) is 9.80. The molecule has 0 fully saturated rings. The molecular formula is C20H22Br2N2O3. The van der Waals surface area contributed by atoms with Gasteiger partial charge in [0.1, 0.15) is 0 Å². The number of nitrogen functional groups attached to an aromatic ring is 1. The van der Waals surface area contributed by atoms with E-state index in [4.69, 9.17) is 5.73 Å². The summed E-state index contributed by atoms with van der Waals surface area (Å²) in [7, 11) is 0. The smallest absolute Gasteiger partial charge is 0.221 e. The van der Waals surface area contributed by atoms with Gasteiger partial charge in [-0.2, -0.15) is 0 Å². The molecule has 2 rings (SSSR count). The average molecular weight is 498 g/mol. The summed E-state index contributed by atoms with van der Waals surface area (Å²) in [5.41, 5.74) is 9.91. The fourth-order valence-corrected chi connectivity index (χ4v) is 3.07. The number of hydrogen-bond acceptors (Lipinski definition) is 4. The molecular weight excluding hydrogens is 476 g/mol. The number of nitrogens with one attached hydrogen (secondary N) is 1. The second-order valence-electron chi connectivity index (χ2n) is 6.07. The van der Waals surface area contributed by atoms with Crippen LogP contribution in [-0.4, -0.2) is 17.5 Å². The lowest BCUT2D eigenvalue weighted by Gasteiger charge is -2.11. The Labute approximate surface area is 176 Å². The molecule has 0 unspecified atom stereocenters. The van der Waals surface area contributed by atoms with Crippen LogP contribution in [0.2, 0.25) is 0 Å². The van der Waals surface area contributed by atoms with E-state index < -0.39 is 0 Å². The first-order chi connectivity index (χ1) is 12.5. The van der Waals surface area contributed by atoms with Crippen LogP contribution in [0, 0.1) is 13.8 Å². The largest absolute Gasteiger partial charge is 0.397 e. The number of aryl methyl sites for hydroxylation is 2. The molecule has 0 aliphatic carbocycles. The van der Waals surface area contributed by atoms with Gasteiger partial charge >= 0.3 is 0 Å². The van der Waals surface area contributed by atoms with E-state index in [0.717, 1.165) is 20.1 Å². The van der Waals surface area contributed by atoms with Crippen LogP contribution < -0.4 is 11.1 Å². The molecule has 0 spiro atoms. The maximum Gasteiger partial charge on any atom is 0.221 e. The molecule has 0 aliphatic rings. The van der Waals surface area contributed by atoms with E-state index in [0.29, 0.717) is 22.5 Å². The van der Waals surface area contributed by atoms with Crippen LogP contribution in [0.3, 0.4) is 0 Å². The Balaban J connectivity index is 0.000000277. The number of nitrogens with two attached hydrogens (primary N) is 1. The highest BCUT2D eigenvalue weighted by molar-refractivity contribution is 9.11. The highest BCUT2D eigenvalue weighted by atomic mass is 79.9. The van der Waals surface area contributed by atoms with Gasteiger partial charge in [-0.15, -0.1) is 0 Å². The molecule has 0 radical (unpaired) electrons. The lowest BCUT2D eigenvalue weighted by atomic mass is 10.1. The van der Waals surface area contributed by atoms with Crippen LogP contribution >= 0.6 is 31.9 Å². The van der Waals surface area contributed by atoms with Crippen molar-refractivity contribution in [3.05, 3.63) is 55.5 Å². The van der Waals surface area contributed by atoms with Gasteiger partial charge in [-0.1, -0.05) is 12.1 Å². The SMILES string of the molecule is CC(=O)Nc1c(C(C)=O)ccc(C)c1Br.CC(=O)c1ccc(C)c(Br)c1N. The Hall–Kier alpha value is -1.99. The molecule has 0 atom stereocenters. The monoisotopic (exact) mass is 496 g/mol. The number of carbonyl (C=O) groups excluding carboxylic acids is 3. The van der Waals surface area contributed by atoms with Crippen molar-refractivity contribution >= 4 is 60.7 Å². The van der Waals surface area contributed by atoms with Gasteiger partial charge in [-0.3, -0.25) is 14.4 Å². The van der Waals surface area contributed by atoms with E-state index in [2.05, 4.69) is 37.2 Å². The van der Waals surface area contributed by atoms with Crippen LogP contribution in [0.4, 0.5) is 11.4 Å². The third-order valence-corrected chi connectivity index (χ3v) is 5.84. The van der Waals surface area contributed by atoms with E-state index in [9.17, 15) is 14.4 Å². The fraction of sp³-hybridized carbons (Fsp3) is 0.250. The summed E-state index contributed by atoms with van der Waals surface area (Å²) in [6.07, 6.45) is 0. The Morgan fingerprint density at radius 3 is 1.70 bits per heavy atom. The lowest BCUT2D eigenvalue weighted by Crippen LogP contribution is -2.11. The number of amides is 1. The van der Waals surface area contributed by atoms with Crippen molar-refractivity contribution in [1.29, 1.82) is 0 Å². The van der Waals surface area contributed by atoms with Crippen molar-refractivity contribution in [2.75, 3.05) is 11.1 Å². The van der Waals surface area contributed by atoms with Crippen LogP contribution in [0.15, 0.2) is 33.2 Å². The third-order valence-electron chi connectivity index (χ3n) is 3.77. The molecule has 7 heteroatoms. The molecule has 144 valence electrons. The van der Waals surface area contributed by atoms with Gasteiger partial charge in [0.15, 0.2) is 11.6 Å². The van der Waals surface area contributed by atoms with E-state index in [1.165, 1.54) is 20.8 Å². The summed E-state index contributed by atoms with van der Waals surface area (Å²) in [5.74, 6) is -0.267. The minimum absolute atomic E-state index is 0.00630. The van der Waals surface area contributed by atoms with Crippen molar-refractivity contribution < 1.29 is 14.4 Å². The summed E-state index contributed by atoms with van der Waals surface area (Å²) >= 11 is 6.68. The van der Waals surface area contributed by atoms with Crippen LogP contribution in [0.5, 0.6) is 0 Å². The number of hydrogen-bond donors (Lipinski definition) is 2. The lowest BCUT2D eigenvalue weighted by molar-refractivity contribution is -0.114. The molecule has 27 heavy (non-hydrogen) atoms. The van der Waals surface area contributed by atoms with Crippen LogP contribution in [0.25, 0.3) is 0 Å². The quantitative estimate of drug-likeness (QED) is 0.435. The Bertz CT molecular complexity index is 909. The van der Waals surface area contributed by atoms with Crippen molar-refractivity contribution in [3.63, 3.8) is 0 Å². The van der Waals surface area contributed by atoms with Crippen molar-refractivity contribution in [1.82, 2.24) is 0 Å². The number of rotatable bonds is 3. The van der Waals surface area contributed by atoms with E-state index in [1.807, 2.05) is 26.0 Å². The standard InChI is InChI=1S/C11H12BrNO2.C9H10BrNO/c1-6-4-5-9(7(2)14)11(10(6)12)13-8(3)15;1-5-3-4-7(6(2)12)9(11)8(5)10/h4-5H,1-3H3,(H,13,15);3-4H,11H2,1-2H3. The zero-order valence-corrected chi connectivity index (χ0v) is 19.0. The molecule has 0 saturated carbocycles. The zero-order chi connectivity index (χ0) is 20.9. The molecule has 0 aliphatic heterocycles. The van der Waals surface area contributed by atoms with Gasteiger partial charge in [0.05, 0.1) is 11.4 Å². The van der Waals surface area contributed by atoms with E-state index in [1.54, 1.807) is 12.1 Å². The first-order valence-corrected chi connectivity index (χ1v) is 9.69. The molecule has 2 aromatic carbocycles. The van der Waals surface area contributed by atoms with Gasteiger partial charge in [0, 0.05) is 27.0 Å². The Kier molecular flexibility index (Phi) is 8.37. The Morgan fingerprint density at radius 1 is 0.815 bits per heavy atom. The molecule has 0 heterocycles.